The van der Waals surface area contributed by atoms with Crippen molar-refractivity contribution < 1.29 is 51.8 Å². The van der Waals surface area contributed by atoms with Gasteiger partial charge >= 0.3 is 103 Å². The molecule has 1 aromatic carbocycles. The second kappa shape index (κ2) is 14.0. The minimum absolute atomic E-state index is 0.0109. The van der Waals surface area contributed by atoms with Crippen LogP contribution in [-0.4, -0.2) is 93.5 Å². The minimum Gasteiger partial charge on any atom is -0.394 e. The molecule has 0 saturated heterocycles. The van der Waals surface area contributed by atoms with Crippen LogP contribution < -0.4 is 9.83 Å². The predicted octanol–water partition coefficient (Wildman–Crippen LogP) is -3.18. The number of alkyl halides is 1. The van der Waals surface area contributed by atoms with E-state index in [9.17, 15) is 13.3 Å². The van der Waals surface area contributed by atoms with Crippen molar-refractivity contribution in [2.75, 3.05) is 11.9 Å². The fourth-order valence-electron chi connectivity index (χ4n) is 1.48. The van der Waals surface area contributed by atoms with Crippen molar-refractivity contribution in [3.63, 3.8) is 0 Å². The Kier molecular flexibility index (Phi) is 13.4. The van der Waals surface area contributed by atoms with Crippen LogP contribution in [0.2, 0.25) is 0 Å². The molecule has 0 aliphatic heterocycles. The van der Waals surface area contributed by atoms with Crippen molar-refractivity contribution in [3.05, 3.63) is 30.3 Å². The molecule has 28 heavy (non-hydrogen) atoms. The number of carbonyl (C=O) groups is 2. The first kappa shape index (κ1) is 26.9. The molecule has 0 aromatic heterocycles. The van der Waals surface area contributed by atoms with Crippen LogP contribution in [0.15, 0.2) is 30.3 Å². The summed E-state index contributed by atoms with van der Waals surface area (Å²) < 4.78 is 20.6. The van der Waals surface area contributed by atoms with Crippen LogP contribution in [-0.2, 0) is 21.0 Å². The molecule has 1 aromatic rings. The molecule has 1 amide bonds. The van der Waals surface area contributed by atoms with E-state index in [1.807, 2.05) is 5.48 Å². The Hall–Kier alpha value is -1.12. The van der Waals surface area contributed by atoms with Crippen LogP contribution in [0.4, 0.5) is 0 Å². The van der Waals surface area contributed by atoms with Gasteiger partial charge in [0.25, 0.3) is 0 Å². The number of hydroxylamine groups is 1. The van der Waals surface area contributed by atoms with Gasteiger partial charge in [-0.2, -0.15) is 0 Å². The molecule has 0 aliphatic carbocycles. The summed E-state index contributed by atoms with van der Waals surface area (Å²) in [6.07, 6.45) is -6.84. The first-order valence-corrected chi connectivity index (χ1v) is 11.8. The van der Waals surface area contributed by atoms with Crippen molar-refractivity contribution in [2.45, 2.75) is 24.4 Å². The van der Waals surface area contributed by atoms with E-state index in [0.29, 0.717) is 0 Å². The van der Waals surface area contributed by atoms with Gasteiger partial charge in [0.05, 0.1) is 6.61 Å². The third-order valence-electron chi connectivity index (χ3n) is 3.00. The topological polar surface area (TPSA) is 203 Å². The van der Waals surface area contributed by atoms with Gasteiger partial charge in [0.1, 0.15) is 24.4 Å². The maximum Gasteiger partial charge on any atom is 0.151 e. The number of aliphatic hydroxyl groups is 5. The van der Waals surface area contributed by atoms with Crippen molar-refractivity contribution >= 4 is 46.6 Å². The van der Waals surface area contributed by atoms with E-state index >= 15 is 0 Å². The summed E-state index contributed by atoms with van der Waals surface area (Å²) in [6, 6.07) is 7.86. The second-order valence-corrected chi connectivity index (χ2v) is 9.48. The number of hydrogen-bond acceptors (Lipinski definition) is 11. The normalized spacial score (nSPS) is 17.1. The average molecular weight is 534 g/mol. The zero-order valence-electron chi connectivity index (χ0n) is 14.2. The Morgan fingerprint density at radius 3 is 2.18 bits per heavy atom. The summed E-state index contributed by atoms with van der Waals surface area (Å²) in [5.41, 5.74) is 1.92. The molecular formula is C14H21AsBrNO11. The summed E-state index contributed by atoms with van der Waals surface area (Å²) in [4.78, 5) is 20.8. The summed E-state index contributed by atoms with van der Waals surface area (Å²) >= 11 is -1.71. The molecule has 12 nitrogen and oxygen atoms in total. The summed E-state index contributed by atoms with van der Waals surface area (Å²) in [7, 11) is 0. The summed E-state index contributed by atoms with van der Waals surface area (Å²) in [6.45, 7) is -0.760. The maximum atomic E-state index is 11.9. The molecule has 0 fully saturated rings. The standard InChI is InChI=1S/C8H9AsBrNO5.C6H12O6/c10-6-8(12)11-15-9(13,16-14)7-4-2-1-3-5-7;7-1-3(9)5(11)6(12)4(10)2-8/h1-5,14H,6H2,(H,11,12);1,3-6,8-12H,2H2. The third-order valence-corrected chi connectivity index (χ3v) is 6.61. The van der Waals surface area contributed by atoms with E-state index < -0.39 is 51.1 Å². The minimum atomic E-state index is -4.59. The van der Waals surface area contributed by atoms with Crippen LogP contribution in [0.1, 0.15) is 0 Å². The number of rotatable bonds is 10. The van der Waals surface area contributed by atoms with Crippen molar-refractivity contribution in [3.8, 4) is 0 Å². The molecule has 5 unspecified atom stereocenters. The molecule has 160 valence electrons. The number of halogens is 1. The van der Waals surface area contributed by atoms with Gasteiger partial charge in [-0.15, -0.1) is 0 Å². The van der Waals surface area contributed by atoms with Gasteiger partial charge < -0.3 is 30.3 Å². The molecule has 0 spiro atoms. The molecule has 5 atom stereocenters. The number of carbonyl (C=O) groups excluding carboxylic acids is 2. The van der Waals surface area contributed by atoms with Gasteiger partial charge in [-0.05, 0) is 0 Å². The largest absolute Gasteiger partial charge is 0.394 e. The predicted molar refractivity (Wildman–Crippen MR) is 96.4 cm³/mol. The van der Waals surface area contributed by atoms with Crippen LogP contribution in [0.3, 0.4) is 0 Å². The zero-order valence-corrected chi connectivity index (χ0v) is 17.7. The van der Waals surface area contributed by atoms with E-state index in [0.717, 1.165) is 0 Å². The van der Waals surface area contributed by atoms with Gasteiger partial charge in [0, 0.05) is 0 Å². The number of aliphatic hydroxyl groups excluding tert-OH is 5. The molecule has 14 heteroatoms. The molecule has 0 aliphatic rings. The number of hydrogen-bond donors (Lipinski definition) is 7. The van der Waals surface area contributed by atoms with Crippen molar-refractivity contribution in [1.82, 2.24) is 5.48 Å². The van der Waals surface area contributed by atoms with Crippen molar-refractivity contribution in [2.24, 2.45) is 0 Å². The number of benzene rings is 1. The van der Waals surface area contributed by atoms with Gasteiger partial charge in [-0.1, -0.05) is 0 Å². The van der Waals surface area contributed by atoms with Gasteiger partial charge in [0.2, 0.25) is 0 Å². The molecule has 7 N–H and O–H groups in total. The van der Waals surface area contributed by atoms with E-state index in [1.165, 1.54) is 12.1 Å². The molecular weight excluding hydrogens is 513 g/mol. The van der Waals surface area contributed by atoms with Crippen LogP contribution >= 0.6 is 15.9 Å². The Balaban J connectivity index is 0.000000546. The molecule has 0 saturated carbocycles. The molecule has 0 heterocycles. The Morgan fingerprint density at radius 2 is 1.75 bits per heavy atom. The smallest absolute Gasteiger partial charge is 0.151 e. The van der Waals surface area contributed by atoms with Crippen LogP contribution in [0.25, 0.3) is 0 Å². The Bertz CT molecular complexity index is 635. The third kappa shape index (κ3) is 8.92. The molecule has 0 bridgehead atoms. The Labute approximate surface area is 170 Å². The first-order chi connectivity index (χ1) is 13.2. The van der Waals surface area contributed by atoms with Crippen LogP contribution in [0, 0.1) is 0 Å². The van der Waals surface area contributed by atoms with E-state index in [2.05, 4.69) is 23.6 Å². The van der Waals surface area contributed by atoms with Gasteiger partial charge in [-0.3, -0.25) is 0 Å². The quantitative estimate of drug-likeness (QED) is 0.0524. The summed E-state index contributed by atoms with van der Waals surface area (Å²) in [5.74, 6) is -0.533. The SMILES string of the molecule is O=C(CBr)NO[As](=O)(OO)c1ccccc1.O=CC(O)C(O)C(O)C(O)CO. The zero-order chi connectivity index (χ0) is 21.7. The van der Waals surface area contributed by atoms with E-state index in [4.69, 9.17) is 30.8 Å². The summed E-state index contributed by atoms with van der Waals surface area (Å²) in [5, 5.41) is 52.1. The van der Waals surface area contributed by atoms with E-state index in [-0.39, 0.29) is 16.0 Å². The first-order valence-electron chi connectivity index (χ1n) is 7.47. The number of nitrogens with one attached hydrogen (secondary N) is 1. The molecule has 0 radical (unpaired) electrons. The molecule has 1 rings (SSSR count). The van der Waals surface area contributed by atoms with Gasteiger partial charge in [-0.25, -0.2) is 0 Å². The average Bonchev–Trinajstić information content (AvgIpc) is 2.75. The number of aldehydes is 1. The fourth-order valence-corrected chi connectivity index (χ4v) is 3.68. The maximum absolute atomic E-state index is 11.9. The number of amides is 1. The van der Waals surface area contributed by atoms with E-state index in [1.54, 1.807) is 18.2 Å². The van der Waals surface area contributed by atoms with Gasteiger partial charge in [0.15, 0.2) is 6.29 Å². The fraction of sp³-hybridized carbons (Fsp3) is 0.429. The van der Waals surface area contributed by atoms with Crippen LogP contribution in [0.5, 0.6) is 0 Å². The monoisotopic (exact) mass is 533 g/mol. The van der Waals surface area contributed by atoms with Crippen molar-refractivity contribution in [1.29, 1.82) is 0 Å². The second-order valence-electron chi connectivity index (χ2n) is 5.02. The Morgan fingerprint density at radius 1 is 1.18 bits per heavy atom.